The lowest BCUT2D eigenvalue weighted by molar-refractivity contribution is 1.13. The van der Waals surface area contributed by atoms with Crippen LogP contribution in [0.4, 0.5) is 10.8 Å². The lowest BCUT2D eigenvalue weighted by Crippen LogP contribution is -2.08. The zero-order valence-corrected chi connectivity index (χ0v) is 15.3. The average Bonchev–Trinajstić information content (AvgIpc) is 3.03. The largest absolute Gasteiger partial charge is 0.378 e. The van der Waals surface area contributed by atoms with E-state index in [9.17, 15) is 0 Å². The highest BCUT2D eigenvalue weighted by molar-refractivity contribution is 9.10. The second-order valence-electron chi connectivity index (χ2n) is 5.27. The van der Waals surface area contributed by atoms with Gasteiger partial charge in [0.05, 0.1) is 5.69 Å². The van der Waals surface area contributed by atoms with Crippen molar-refractivity contribution in [3.8, 4) is 11.3 Å². The number of hydrogen-bond donors (Lipinski definition) is 0. The smallest absolute Gasteiger partial charge is 0.209 e. The highest BCUT2D eigenvalue weighted by Gasteiger charge is 2.03. The summed E-state index contributed by atoms with van der Waals surface area (Å²) in [5.74, 6) is 0. The summed E-state index contributed by atoms with van der Waals surface area (Å²) in [6.45, 7) is 0. The number of aromatic nitrogens is 1. The van der Waals surface area contributed by atoms with Gasteiger partial charge in [0.1, 0.15) is 0 Å². The molecular formula is C18H16BrN3S. The van der Waals surface area contributed by atoms with E-state index in [4.69, 9.17) is 0 Å². The van der Waals surface area contributed by atoms with Gasteiger partial charge in [-0.25, -0.2) is 9.98 Å². The summed E-state index contributed by atoms with van der Waals surface area (Å²) >= 11 is 4.99. The van der Waals surface area contributed by atoms with Gasteiger partial charge in [0, 0.05) is 41.4 Å². The van der Waals surface area contributed by atoms with Gasteiger partial charge in [0.15, 0.2) is 0 Å². The van der Waals surface area contributed by atoms with Crippen molar-refractivity contribution in [2.45, 2.75) is 0 Å². The Balaban J connectivity index is 1.74. The van der Waals surface area contributed by atoms with Crippen molar-refractivity contribution in [1.29, 1.82) is 0 Å². The molecule has 0 unspecified atom stereocenters. The van der Waals surface area contributed by atoms with Crippen LogP contribution in [0.2, 0.25) is 0 Å². The van der Waals surface area contributed by atoms with Crippen molar-refractivity contribution >= 4 is 44.3 Å². The zero-order chi connectivity index (χ0) is 16.2. The van der Waals surface area contributed by atoms with E-state index in [1.165, 1.54) is 5.69 Å². The summed E-state index contributed by atoms with van der Waals surface area (Å²) in [5, 5.41) is 2.80. The summed E-state index contributed by atoms with van der Waals surface area (Å²) in [4.78, 5) is 11.1. The third kappa shape index (κ3) is 4.06. The van der Waals surface area contributed by atoms with Gasteiger partial charge in [-0.05, 0) is 29.8 Å². The fourth-order valence-electron chi connectivity index (χ4n) is 2.07. The maximum Gasteiger partial charge on any atom is 0.209 e. The molecule has 3 nitrogen and oxygen atoms in total. The Morgan fingerprint density at radius 3 is 2.39 bits per heavy atom. The number of anilines is 1. The number of rotatable bonds is 4. The van der Waals surface area contributed by atoms with Crippen molar-refractivity contribution in [3.63, 3.8) is 0 Å². The van der Waals surface area contributed by atoms with Crippen molar-refractivity contribution < 1.29 is 0 Å². The quantitative estimate of drug-likeness (QED) is 0.563. The molecule has 0 atom stereocenters. The highest BCUT2D eigenvalue weighted by atomic mass is 79.9. The van der Waals surface area contributed by atoms with E-state index in [1.807, 2.05) is 50.0 Å². The second-order valence-corrected chi connectivity index (χ2v) is 7.02. The predicted octanol–water partition coefficient (Wildman–Crippen LogP) is 5.39. The maximum absolute atomic E-state index is 4.57. The lowest BCUT2D eigenvalue weighted by atomic mass is 10.2. The van der Waals surface area contributed by atoms with E-state index in [-0.39, 0.29) is 0 Å². The first-order valence-corrected chi connectivity index (χ1v) is 8.82. The molecule has 2 aromatic carbocycles. The van der Waals surface area contributed by atoms with Gasteiger partial charge in [-0.2, -0.15) is 0 Å². The van der Waals surface area contributed by atoms with Gasteiger partial charge >= 0.3 is 0 Å². The van der Waals surface area contributed by atoms with E-state index in [0.717, 1.165) is 26.4 Å². The zero-order valence-electron chi connectivity index (χ0n) is 12.9. The molecule has 0 saturated heterocycles. The van der Waals surface area contributed by atoms with Crippen LogP contribution in [-0.2, 0) is 0 Å². The molecule has 0 N–H and O–H groups in total. The molecule has 0 spiro atoms. The van der Waals surface area contributed by atoms with Crippen LogP contribution in [-0.4, -0.2) is 25.3 Å². The minimum atomic E-state index is 0.764. The van der Waals surface area contributed by atoms with E-state index in [1.54, 1.807) is 11.3 Å². The minimum Gasteiger partial charge on any atom is -0.378 e. The Kier molecular flexibility index (Phi) is 4.88. The normalized spacial score (nSPS) is 11.1. The third-order valence-corrected chi connectivity index (χ3v) is 4.64. The monoisotopic (exact) mass is 385 g/mol. The van der Waals surface area contributed by atoms with Gasteiger partial charge in [-0.15, -0.1) is 11.3 Å². The Morgan fingerprint density at radius 1 is 1.04 bits per heavy atom. The van der Waals surface area contributed by atoms with Crippen LogP contribution in [0.1, 0.15) is 5.56 Å². The van der Waals surface area contributed by atoms with Crippen LogP contribution in [0.5, 0.6) is 0 Å². The van der Waals surface area contributed by atoms with Crippen molar-refractivity contribution in [3.05, 3.63) is 63.9 Å². The number of nitrogens with zero attached hydrogens (tertiary/aromatic N) is 3. The van der Waals surface area contributed by atoms with Crippen LogP contribution >= 0.6 is 27.3 Å². The topological polar surface area (TPSA) is 28.5 Å². The summed E-state index contributed by atoms with van der Waals surface area (Å²) < 4.78 is 1.07. The predicted molar refractivity (Wildman–Crippen MR) is 103 cm³/mol. The standard InChI is InChI=1S/C18H16BrN3S/c1-22(2)16-9-3-13(4-10-16)11-20-18-21-17(12-23-18)14-5-7-15(19)8-6-14/h3-12H,1-2H3. The summed E-state index contributed by atoms with van der Waals surface area (Å²) in [7, 11) is 4.06. The molecular weight excluding hydrogens is 370 g/mol. The number of aliphatic imine (C=N–C) groups is 1. The molecule has 0 saturated carbocycles. The van der Waals surface area contributed by atoms with Crippen LogP contribution in [0.3, 0.4) is 0 Å². The molecule has 0 aliphatic heterocycles. The second kappa shape index (κ2) is 7.06. The Morgan fingerprint density at radius 2 is 1.74 bits per heavy atom. The fourth-order valence-corrected chi connectivity index (χ4v) is 3.00. The molecule has 0 aliphatic rings. The van der Waals surface area contributed by atoms with E-state index >= 15 is 0 Å². The van der Waals surface area contributed by atoms with E-state index < -0.39 is 0 Å². The molecule has 1 aromatic heterocycles. The van der Waals surface area contributed by atoms with Crippen LogP contribution < -0.4 is 4.90 Å². The molecule has 0 radical (unpaired) electrons. The van der Waals surface area contributed by atoms with Gasteiger partial charge in [0.2, 0.25) is 5.13 Å². The first-order valence-electron chi connectivity index (χ1n) is 7.15. The molecule has 1 heterocycles. The van der Waals surface area contributed by atoms with Crippen molar-refractivity contribution in [2.24, 2.45) is 4.99 Å². The summed E-state index contributed by atoms with van der Waals surface area (Å²) in [6.07, 6.45) is 1.85. The molecule has 5 heteroatoms. The molecule has 0 amide bonds. The third-order valence-electron chi connectivity index (χ3n) is 3.37. The molecule has 3 rings (SSSR count). The maximum atomic E-state index is 4.57. The first kappa shape index (κ1) is 15.9. The lowest BCUT2D eigenvalue weighted by Gasteiger charge is -2.11. The SMILES string of the molecule is CN(C)c1ccc(C=Nc2nc(-c3ccc(Br)cc3)cs2)cc1. The summed E-state index contributed by atoms with van der Waals surface area (Å²) in [6, 6.07) is 16.4. The van der Waals surface area contributed by atoms with E-state index in [2.05, 4.69) is 55.1 Å². The van der Waals surface area contributed by atoms with Crippen molar-refractivity contribution in [2.75, 3.05) is 19.0 Å². The average molecular weight is 386 g/mol. The molecule has 3 aromatic rings. The molecule has 0 fully saturated rings. The van der Waals surface area contributed by atoms with Gasteiger partial charge < -0.3 is 4.90 Å². The molecule has 0 aliphatic carbocycles. The fraction of sp³-hybridized carbons (Fsp3) is 0.111. The van der Waals surface area contributed by atoms with Crippen LogP contribution in [0, 0.1) is 0 Å². The Hall–Kier alpha value is -1.98. The van der Waals surface area contributed by atoms with Gasteiger partial charge in [-0.1, -0.05) is 40.2 Å². The first-order chi connectivity index (χ1) is 11.1. The summed E-state index contributed by atoms with van der Waals surface area (Å²) in [5.41, 5.74) is 4.30. The molecule has 0 bridgehead atoms. The molecule has 23 heavy (non-hydrogen) atoms. The highest BCUT2D eigenvalue weighted by Crippen LogP contribution is 2.27. The molecule has 116 valence electrons. The van der Waals surface area contributed by atoms with Crippen LogP contribution in [0.25, 0.3) is 11.3 Å². The Bertz CT molecular complexity index is 805. The number of hydrogen-bond acceptors (Lipinski definition) is 4. The van der Waals surface area contributed by atoms with Gasteiger partial charge in [-0.3, -0.25) is 0 Å². The van der Waals surface area contributed by atoms with Crippen molar-refractivity contribution in [1.82, 2.24) is 4.98 Å². The number of benzene rings is 2. The number of halogens is 1. The minimum absolute atomic E-state index is 0.764. The van der Waals surface area contributed by atoms with Crippen LogP contribution in [0.15, 0.2) is 63.4 Å². The van der Waals surface area contributed by atoms with Gasteiger partial charge in [0.25, 0.3) is 0 Å². The Labute approximate surface area is 148 Å². The van der Waals surface area contributed by atoms with E-state index in [0.29, 0.717) is 0 Å². The number of thiazole rings is 1.